The van der Waals surface area contributed by atoms with E-state index in [1.165, 1.54) is 19.3 Å². The van der Waals surface area contributed by atoms with Crippen LogP contribution in [0.3, 0.4) is 0 Å². The molecule has 3 nitrogen and oxygen atoms in total. The van der Waals surface area contributed by atoms with Crippen molar-refractivity contribution in [2.24, 2.45) is 11.7 Å². The molecule has 94 valence electrons. The van der Waals surface area contributed by atoms with E-state index >= 15 is 0 Å². The van der Waals surface area contributed by atoms with Gasteiger partial charge in [-0.15, -0.1) is 0 Å². The van der Waals surface area contributed by atoms with Gasteiger partial charge in [-0.2, -0.15) is 0 Å². The average Bonchev–Trinajstić information content (AvgIpc) is 2.12. The molecule has 0 bridgehead atoms. The SMILES string of the molecule is CCN(CC1CCC1)C(=O)CCC(C)(C)N. The lowest BCUT2D eigenvalue weighted by atomic mass is 9.85. The third kappa shape index (κ3) is 4.52. The van der Waals surface area contributed by atoms with Crippen molar-refractivity contribution in [1.29, 1.82) is 0 Å². The van der Waals surface area contributed by atoms with Gasteiger partial charge in [-0.05, 0) is 46.0 Å². The zero-order chi connectivity index (χ0) is 12.2. The molecular formula is C13H26N2O. The highest BCUT2D eigenvalue weighted by atomic mass is 16.2. The smallest absolute Gasteiger partial charge is 0.222 e. The molecule has 0 aliphatic heterocycles. The number of rotatable bonds is 6. The predicted molar refractivity (Wildman–Crippen MR) is 67.1 cm³/mol. The third-order valence-corrected chi connectivity index (χ3v) is 3.42. The molecule has 1 aliphatic carbocycles. The molecule has 0 spiro atoms. The fraction of sp³-hybridized carbons (Fsp3) is 0.923. The van der Waals surface area contributed by atoms with E-state index in [1.54, 1.807) is 0 Å². The zero-order valence-electron chi connectivity index (χ0n) is 11.0. The van der Waals surface area contributed by atoms with E-state index in [0.29, 0.717) is 6.42 Å². The van der Waals surface area contributed by atoms with Crippen molar-refractivity contribution in [2.45, 2.75) is 58.4 Å². The van der Waals surface area contributed by atoms with Gasteiger partial charge in [0.1, 0.15) is 0 Å². The van der Waals surface area contributed by atoms with Crippen LogP contribution in [0.2, 0.25) is 0 Å². The highest BCUT2D eigenvalue weighted by Gasteiger charge is 2.23. The Morgan fingerprint density at radius 2 is 2.06 bits per heavy atom. The van der Waals surface area contributed by atoms with E-state index in [4.69, 9.17) is 5.73 Å². The van der Waals surface area contributed by atoms with Gasteiger partial charge in [0.25, 0.3) is 0 Å². The van der Waals surface area contributed by atoms with E-state index < -0.39 is 0 Å². The first-order chi connectivity index (χ1) is 7.42. The maximum Gasteiger partial charge on any atom is 0.222 e. The van der Waals surface area contributed by atoms with E-state index in [1.807, 2.05) is 18.7 Å². The molecule has 1 fully saturated rings. The zero-order valence-corrected chi connectivity index (χ0v) is 11.0. The Morgan fingerprint density at radius 1 is 1.44 bits per heavy atom. The summed E-state index contributed by atoms with van der Waals surface area (Å²) in [5.74, 6) is 1.03. The van der Waals surface area contributed by atoms with Crippen molar-refractivity contribution >= 4 is 5.91 Å². The number of nitrogens with two attached hydrogens (primary N) is 1. The second-order valence-electron chi connectivity index (χ2n) is 5.72. The molecule has 0 radical (unpaired) electrons. The van der Waals surface area contributed by atoms with Gasteiger partial charge in [-0.1, -0.05) is 6.42 Å². The summed E-state index contributed by atoms with van der Waals surface area (Å²) < 4.78 is 0. The van der Waals surface area contributed by atoms with Gasteiger partial charge >= 0.3 is 0 Å². The van der Waals surface area contributed by atoms with Gasteiger partial charge in [0.2, 0.25) is 5.91 Å². The van der Waals surface area contributed by atoms with Crippen LogP contribution in [0.15, 0.2) is 0 Å². The van der Waals surface area contributed by atoms with Crippen LogP contribution in [0.25, 0.3) is 0 Å². The van der Waals surface area contributed by atoms with Crippen molar-refractivity contribution in [3.05, 3.63) is 0 Å². The molecule has 0 aromatic heterocycles. The first-order valence-electron chi connectivity index (χ1n) is 6.49. The van der Waals surface area contributed by atoms with Crippen LogP contribution in [0, 0.1) is 5.92 Å². The second kappa shape index (κ2) is 5.67. The van der Waals surface area contributed by atoms with E-state index in [9.17, 15) is 4.79 Å². The minimum absolute atomic E-state index is 0.231. The van der Waals surface area contributed by atoms with Crippen molar-refractivity contribution < 1.29 is 4.79 Å². The van der Waals surface area contributed by atoms with Crippen LogP contribution >= 0.6 is 0 Å². The summed E-state index contributed by atoms with van der Waals surface area (Å²) in [6.07, 6.45) is 5.29. The van der Waals surface area contributed by atoms with Crippen molar-refractivity contribution in [3.63, 3.8) is 0 Å². The molecular weight excluding hydrogens is 200 g/mol. The predicted octanol–water partition coefficient (Wildman–Crippen LogP) is 2.15. The van der Waals surface area contributed by atoms with Gasteiger partial charge in [-0.25, -0.2) is 0 Å². The van der Waals surface area contributed by atoms with E-state index in [-0.39, 0.29) is 11.4 Å². The number of carbonyl (C=O) groups is 1. The quantitative estimate of drug-likeness (QED) is 0.754. The maximum absolute atomic E-state index is 12.0. The standard InChI is InChI=1S/C13H26N2O/c1-4-15(10-11-6-5-7-11)12(16)8-9-13(2,3)14/h11H,4-10,14H2,1-3H3. The third-order valence-electron chi connectivity index (χ3n) is 3.42. The summed E-state index contributed by atoms with van der Waals surface area (Å²) >= 11 is 0. The maximum atomic E-state index is 12.0. The molecule has 0 saturated heterocycles. The molecule has 0 heterocycles. The fourth-order valence-corrected chi connectivity index (χ4v) is 1.98. The van der Waals surface area contributed by atoms with Gasteiger partial charge in [0.15, 0.2) is 0 Å². The number of hydrogen-bond acceptors (Lipinski definition) is 2. The molecule has 3 heteroatoms. The Kier molecular flexibility index (Phi) is 4.78. The van der Waals surface area contributed by atoms with Gasteiger partial charge < -0.3 is 10.6 Å². The summed E-state index contributed by atoms with van der Waals surface area (Å²) in [6.45, 7) is 7.80. The summed E-state index contributed by atoms with van der Waals surface area (Å²) in [4.78, 5) is 14.0. The lowest BCUT2D eigenvalue weighted by molar-refractivity contribution is -0.132. The lowest BCUT2D eigenvalue weighted by Gasteiger charge is -2.32. The van der Waals surface area contributed by atoms with Crippen LogP contribution < -0.4 is 5.73 Å². The molecule has 1 amide bonds. The molecule has 0 aromatic rings. The lowest BCUT2D eigenvalue weighted by Crippen LogP contribution is -2.39. The summed E-state index contributed by atoms with van der Waals surface area (Å²) in [5, 5.41) is 0. The Labute approximate surface area is 99.4 Å². The van der Waals surface area contributed by atoms with Crippen molar-refractivity contribution in [1.82, 2.24) is 4.90 Å². The van der Waals surface area contributed by atoms with E-state index in [0.717, 1.165) is 25.4 Å². The Morgan fingerprint density at radius 3 is 2.44 bits per heavy atom. The fourth-order valence-electron chi connectivity index (χ4n) is 1.98. The molecule has 1 saturated carbocycles. The molecule has 0 atom stereocenters. The average molecular weight is 226 g/mol. The molecule has 0 unspecified atom stereocenters. The molecule has 2 N–H and O–H groups in total. The number of nitrogens with zero attached hydrogens (tertiary/aromatic N) is 1. The molecule has 16 heavy (non-hydrogen) atoms. The van der Waals surface area contributed by atoms with Gasteiger partial charge in [0, 0.05) is 25.0 Å². The van der Waals surface area contributed by atoms with Crippen LogP contribution in [-0.2, 0) is 4.79 Å². The van der Waals surface area contributed by atoms with Gasteiger partial charge in [-0.3, -0.25) is 4.79 Å². The van der Waals surface area contributed by atoms with Crippen LogP contribution in [0.4, 0.5) is 0 Å². The topological polar surface area (TPSA) is 46.3 Å². The molecule has 1 rings (SSSR count). The van der Waals surface area contributed by atoms with Crippen LogP contribution in [0.5, 0.6) is 0 Å². The molecule has 0 aromatic carbocycles. The normalized spacial score (nSPS) is 17.0. The Bertz CT molecular complexity index is 229. The molecule has 1 aliphatic rings. The first-order valence-corrected chi connectivity index (χ1v) is 6.49. The Hall–Kier alpha value is -0.570. The largest absolute Gasteiger partial charge is 0.343 e. The Balaban J connectivity index is 2.30. The first kappa shape index (κ1) is 13.5. The monoisotopic (exact) mass is 226 g/mol. The summed E-state index contributed by atoms with van der Waals surface area (Å²) in [6, 6.07) is 0. The second-order valence-corrected chi connectivity index (χ2v) is 5.72. The number of carbonyl (C=O) groups excluding carboxylic acids is 1. The van der Waals surface area contributed by atoms with Gasteiger partial charge in [0.05, 0.1) is 0 Å². The minimum atomic E-state index is -0.231. The number of amides is 1. The van der Waals surface area contributed by atoms with Crippen LogP contribution in [-0.4, -0.2) is 29.4 Å². The van der Waals surface area contributed by atoms with Crippen molar-refractivity contribution in [3.8, 4) is 0 Å². The van der Waals surface area contributed by atoms with E-state index in [2.05, 4.69) is 6.92 Å². The highest BCUT2D eigenvalue weighted by Crippen LogP contribution is 2.27. The highest BCUT2D eigenvalue weighted by molar-refractivity contribution is 5.76. The summed E-state index contributed by atoms with van der Waals surface area (Å²) in [7, 11) is 0. The number of hydrogen-bond donors (Lipinski definition) is 1. The van der Waals surface area contributed by atoms with Crippen molar-refractivity contribution in [2.75, 3.05) is 13.1 Å². The van der Waals surface area contributed by atoms with Crippen LogP contribution in [0.1, 0.15) is 52.9 Å². The summed E-state index contributed by atoms with van der Waals surface area (Å²) in [5.41, 5.74) is 5.66. The minimum Gasteiger partial charge on any atom is -0.343 e.